The molecular weight excluding hydrogens is 278 g/mol. The zero-order chi connectivity index (χ0) is 15.6. The Balaban J connectivity index is 1.66. The Morgan fingerprint density at radius 2 is 1.95 bits per heavy atom. The second kappa shape index (κ2) is 5.93. The first-order valence-corrected chi connectivity index (χ1v) is 7.63. The molecule has 1 aliphatic carbocycles. The van der Waals surface area contributed by atoms with Crippen molar-refractivity contribution in [1.82, 2.24) is 10.1 Å². The first kappa shape index (κ1) is 14.8. The van der Waals surface area contributed by atoms with Gasteiger partial charge in [0.05, 0.1) is 11.6 Å². The van der Waals surface area contributed by atoms with Crippen molar-refractivity contribution in [2.45, 2.75) is 44.8 Å². The summed E-state index contributed by atoms with van der Waals surface area (Å²) in [4.78, 5) is 4.36. The van der Waals surface area contributed by atoms with Crippen LogP contribution in [0.25, 0.3) is 12.2 Å². The Bertz CT molecular complexity index is 655. The van der Waals surface area contributed by atoms with Crippen molar-refractivity contribution in [1.29, 1.82) is 0 Å². The zero-order valence-electron chi connectivity index (χ0n) is 13.0. The van der Waals surface area contributed by atoms with Crippen molar-refractivity contribution in [3.63, 3.8) is 0 Å². The van der Waals surface area contributed by atoms with Crippen LogP contribution in [0, 0.1) is 0 Å². The normalized spacial score (nSPS) is 16.9. The van der Waals surface area contributed by atoms with E-state index in [0.29, 0.717) is 11.7 Å². The van der Waals surface area contributed by atoms with Gasteiger partial charge >= 0.3 is 0 Å². The lowest BCUT2D eigenvalue weighted by Gasteiger charge is -2.34. The minimum absolute atomic E-state index is 0.174. The molecule has 1 aromatic carbocycles. The van der Waals surface area contributed by atoms with Crippen LogP contribution in [0.3, 0.4) is 0 Å². The van der Waals surface area contributed by atoms with Crippen molar-refractivity contribution in [3.05, 3.63) is 41.5 Å². The second-order valence-corrected chi connectivity index (χ2v) is 6.03. The van der Waals surface area contributed by atoms with Gasteiger partial charge in [0.2, 0.25) is 0 Å². The lowest BCUT2D eigenvalue weighted by atomic mass is 9.77. The van der Waals surface area contributed by atoms with Crippen LogP contribution in [0.1, 0.15) is 50.4 Å². The van der Waals surface area contributed by atoms with Crippen LogP contribution in [-0.2, 0) is 5.54 Å². The number of nitrogens with zero attached hydrogens (tertiary/aromatic N) is 2. The standard InChI is InChI=1S/C17H21N3O2/c1-12(2)21-14-7-4-13(5-8-14)6-9-15-19-16(20-22-15)17(18)10-3-11-17/h4-9,12H,3,10-11,18H2,1-2H3/b9-6+. The maximum Gasteiger partial charge on any atom is 0.250 e. The van der Waals surface area contributed by atoms with Crippen LogP contribution < -0.4 is 10.5 Å². The molecule has 0 spiro atoms. The number of rotatable bonds is 5. The summed E-state index contributed by atoms with van der Waals surface area (Å²) < 4.78 is 10.8. The lowest BCUT2D eigenvalue weighted by Crippen LogP contribution is -2.44. The van der Waals surface area contributed by atoms with Gasteiger partial charge in [-0.3, -0.25) is 0 Å². The average Bonchev–Trinajstić information content (AvgIpc) is 2.93. The fourth-order valence-corrected chi connectivity index (χ4v) is 2.38. The topological polar surface area (TPSA) is 74.2 Å². The largest absolute Gasteiger partial charge is 0.491 e. The van der Waals surface area contributed by atoms with E-state index in [1.807, 2.05) is 44.2 Å². The van der Waals surface area contributed by atoms with Gasteiger partial charge in [-0.05, 0) is 56.9 Å². The van der Waals surface area contributed by atoms with Gasteiger partial charge in [0.15, 0.2) is 5.82 Å². The summed E-state index contributed by atoms with van der Waals surface area (Å²) in [6.07, 6.45) is 6.88. The third kappa shape index (κ3) is 3.20. The molecule has 0 amide bonds. The molecule has 116 valence electrons. The van der Waals surface area contributed by atoms with E-state index >= 15 is 0 Å². The molecule has 0 atom stereocenters. The Hall–Kier alpha value is -2.14. The van der Waals surface area contributed by atoms with Crippen LogP contribution in [-0.4, -0.2) is 16.2 Å². The highest BCUT2D eigenvalue weighted by molar-refractivity contribution is 5.66. The van der Waals surface area contributed by atoms with Crippen molar-refractivity contribution in [2.24, 2.45) is 5.73 Å². The summed E-state index contributed by atoms with van der Waals surface area (Å²) in [5.41, 5.74) is 6.84. The van der Waals surface area contributed by atoms with Crippen molar-refractivity contribution in [2.75, 3.05) is 0 Å². The highest BCUT2D eigenvalue weighted by Crippen LogP contribution is 2.36. The minimum atomic E-state index is -0.384. The SMILES string of the molecule is CC(C)Oc1ccc(/C=C/c2nc(C3(N)CCC3)no2)cc1. The molecule has 2 aromatic rings. The maximum atomic E-state index is 6.18. The van der Waals surface area contributed by atoms with E-state index in [-0.39, 0.29) is 11.6 Å². The Labute approximate surface area is 130 Å². The van der Waals surface area contributed by atoms with Gasteiger partial charge < -0.3 is 15.0 Å². The number of ether oxygens (including phenoxy) is 1. The van der Waals surface area contributed by atoms with Crippen molar-refractivity contribution >= 4 is 12.2 Å². The smallest absolute Gasteiger partial charge is 0.250 e. The Morgan fingerprint density at radius 1 is 1.23 bits per heavy atom. The third-order valence-electron chi connectivity index (χ3n) is 3.80. The van der Waals surface area contributed by atoms with Crippen LogP contribution >= 0.6 is 0 Å². The van der Waals surface area contributed by atoms with Crippen LogP contribution in [0.5, 0.6) is 5.75 Å². The molecule has 1 aliphatic rings. The van der Waals surface area contributed by atoms with Crippen LogP contribution in [0.4, 0.5) is 0 Å². The number of benzene rings is 1. The molecule has 0 aliphatic heterocycles. The van der Waals surface area contributed by atoms with E-state index < -0.39 is 0 Å². The molecule has 5 nitrogen and oxygen atoms in total. The first-order valence-electron chi connectivity index (χ1n) is 7.63. The number of nitrogens with two attached hydrogens (primary N) is 1. The second-order valence-electron chi connectivity index (χ2n) is 6.03. The molecule has 0 saturated heterocycles. The molecule has 1 heterocycles. The zero-order valence-corrected chi connectivity index (χ0v) is 13.0. The van der Waals surface area contributed by atoms with Gasteiger partial charge in [-0.2, -0.15) is 4.98 Å². The molecule has 0 bridgehead atoms. The van der Waals surface area contributed by atoms with Crippen molar-refractivity contribution < 1.29 is 9.26 Å². The molecule has 0 unspecified atom stereocenters. The van der Waals surface area contributed by atoms with E-state index in [2.05, 4.69) is 10.1 Å². The summed E-state index contributed by atoms with van der Waals surface area (Å²) in [6, 6.07) is 7.87. The summed E-state index contributed by atoms with van der Waals surface area (Å²) in [7, 11) is 0. The lowest BCUT2D eigenvalue weighted by molar-refractivity contribution is 0.229. The first-order chi connectivity index (χ1) is 10.5. The van der Waals surface area contributed by atoms with Gasteiger partial charge in [0.25, 0.3) is 5.89 Å². The van der Waals surface area contributed by atoms with E-state index in [1.165, 1.54) is 0 Å². The highest BCUT2D eigenvalue weighted by Gasteiger charge is 2.38. The quantitative estimate of drug-likeness (QED) is 0.916. The number of hydrogen-bond donors (Lipinski definition) is 1. The average molecular weight is 299 g/mol. The molecule has 5 heteroatoms. The molecule has 1 aromatic heterocycles. The predicted octanol–water partition coefficient (Wildman–Crippen LogP) is 3.37. The van der Waals surface area contributed by atoms with E-state index in [1.54, 1.807) is 6.08 Å². The van der Waals surface area contributed by atoms with Gasteiger partial charge in [-0.25, -0.2) is 0 Å². The van der Waals surface area contributed by atoms with Crippen molar-refractivity contribution in [3.8, 4) is 5.75 Å². The van der Waals surface area contributed by atoms with E-state index in [0.717, 1.165) is 30.6 Å². The molecule has 22 heavy (non-hydrogen) atoms. The summed E-state index contributed by atoms with van der Waals surface area (Å²) >= 11 is 0. The van der Waals surface area contributed by atoms with E-state index in [9.17, 15) is 0 Å². The third-order valence-corrected chi connectivity index (χ3v) is 3.80. The Kier molecular flexibility index (Phi) is 3.98. The molecular formula is C17H21N3O2. The molecule has 1 saturated carbocycles. The summed E-state index contributed by atoms with van der Waals surface area (Å²) in [6.45, 7) is 4.01. The van der Waals surface area contributed by atoms with Gasteiger partial charge in [0, 0.05) is 6.08 Å². The fraction of sp³-hybridized carbons (Fsp3) is 0.412. The molecule has 1 fully saturated rings. The summed E-state index contributed by atoms with van der Waals surface area (Å²) in [5.74, 6) is 1.95. The minimum Gasteiger partial charge on any atom is -0.491 e. The van der Waals surface area contributed by atoms with Gasteiger partial charge in [0.1, 0.15) is 5.75 Å². The maximum absolute atomic E-state index is 6.18. The predicted molar refractivity (Wildman–Crippen MR) is 85.1 cm³/mol. The summed E-state index contributed by atoms with van der Waals surface area (Å²) in [5, 5.41) is 3.99. The molecule has 3 rings (SSSR count). The van der Waals surface area contributed by atoms with Gasteiger partial charge in [-0.1, -0.05) is 17.3 Å². The fourth-order valence-electron chi connectivity index (χ4n) is 2.38. The van der Waals surface area contributed by atoms with Crippen LogP contribution in [0.2, 0.25) is 0 Å². The van der Waals surface area contributed by atoms with Gasteiger partial charge in [-0.15, -0.1) is 0 Å². The number of hydrogen-bond acceptors (Lipinski definition) is 5. The highest BCUT2D eigenvalue weighted by atomic mass is 16.5. The number of aromatic nitrogens is 2. The molecule has 0 radical (unpaired) electrons. The molecule has 2 N–H and O–H groups in total. The van der Waals surface area contributed by atoms with E-state index in [4.69, 9.17) is 15.0 Å². The van der Waals surface area contributed by atoms with Crippen LogP contribution in [0.15, 0.2) is 28.8 Å². The Morgan fingerprint density at radius 3 is 2.55 bits per heavy atom. The monoisotopic (exact) mass is 299 g/mol.